The van der Waals surface area contributed by atoms with Gasteiger partial charge in [-0.1, -0.05) is 13.8 Å². The Labute approximate surface area is 137 Å². The highest BCUT2D eigenvalue weighted by Crippen LogP contribution is 2.65. The maximum Gasteiger partial charge on any atom is 0.313 e. The molecule has 2 atom stereocenters. The molecule has 3 rings (SSSR count). The maximum atomic E-state index is 12.8. The topological polar surface area (TPSA) is 67.9 Å². The van der Waals surface area contributed by atoms with Crippen molar-refractivity contribution in [2.75, 3.05) is 39.4 Å². The molecule has 3 aliphatic rings. The number of carbonyl (C=O) groups excluding carboxylic acids is 2. The molecule has 1 saturated carbocycles. The van der Waals surface area contributed by atoms with Crippen LogP contribution in [-0.2, 0) is 19.1 Å². The summed E-state index contributed by atoms with van der Waals surface area (Å²) >= 11 is 0. The molecule has 0 aromatic carbocycles. The highest BCUT2D eigenvalue weighted by Gasteiger charge is 2.75. The number of ether oxygens (including phenoxy) is 2. The average Bonchev–Trinajstić information content (AvgIpc) is 2.83. The maximum absolute atomic E-state index is 12.8. The summed E-state index contributed by atoms with van der Waals surface area (Å²) < 4.78 is 10.9. The lowest BCUT2D eigenvalue weighted by atomic mass is 9.66. The van der Waals surface area contributed by atoms with E-state index in [4.69, 9.17) is 9.47 Å². The van der Waals surface area contributed by atoms with Gasteiger partial charge in [-0.3, -0.25) is 14.5 Å². The Hall–Kier alpha value is -1.14. The second-order valence-electron chi connectivity index (χ2n) is 7.74. The van der Waals surface area contributed by atoms with Crippen molar-refractivity contribution in [3.8, 4) is 0 Å². The van der Waals surface area contributed by atoms with E-state index in [1.807, 2.05) is 20.8 Å². The third-order valence-corrected chi connectivity index (χ3v) is 6.49. The highest BCUT2D eigenvalue weighted by molar-refractivity contribution is 5.96. The zero-order valence-corrected chi connectivity index (χ0v) is 14.4. The van der Waals surface area contributed by atoms with Gasteiger partial charge >= 0.3 is 5.97 Å². The predicted molar refractivity (Wildman–Crippen MR) is 84.8 cm³/mol. The second-order valence-corrected chi connectivity index (χ2v) is 7.74. The second kappa shape index (κ2) is 5.74. The molecule has 2 saturated heterocycles. The van der Waals surface area contributed by atoms with Crippen molar-refractivity contribution in [1.29, 1.82) is 0 Å². The largest absolute Gasteiger partial charge is 0.448 e. The number of hydrogen-bond donors (Lipinski definition) is 1. The summed E-state index contributed by atoms with van der Waals surface area (Å²) in [6.07, 6.45) is 2.24. The first-order valence-corrected chi connectivity index (χ1v) is 8.65. The average molecular weight is 324 g/mol. The lowest BCUT2D eigenvalue weighted by Gasteiger charge is -2.35. The zero-order valence-electron chi connectivity index (χ0n) is 14.4. The van der Waals surface area contributed by atoms with Gasteiger partial charge < -0.3 is 14.8 Å². The highest BCUT2D eigenvalue weighted by atomic mass is 16.6. The predicted octanol–water partition coefficient (Wildman–Crippen LogP) is 0.947. The van der Waals surface area contributed by atoms with Gasteiger partial charge in [0.05, 0.1) is 18.6 Å². The van der Waals surface area contributed by atoms with Crippen molar-refractivity contribution in [3.05, 3.63) is 0 Å². The Balaban J connectivity index is 1.53. The summed E-state index contributed by atoms with van der Waals surface area (Å²) in [6.45, 7) is 11.0. The SMILES string of the molecule is CC1(C)[C@@]2(C(=O)NCCCN3CCOCC3)CC[C@]1(C)C(=O)O2. The molecular formula is C17H28N2O4. The molecule has 6 nitrogen and oxygen atoms in total. The van der Waals surface area contributed by atoms with Gasteiger partial charge in [-0.15, -0.1) is 0 Å². The molecule has 130 valence electrons. The molecule has 0 aromatic heterocycles. The Morgan fingerprint density at radius 1 is 1.22 bits per heavy atom. The molecular weight excluding hydrogens is 296 g/mol. The number of fused-ring (bicyclic) bond motifs is 2. The molecule has 0 spiro atoms. The van der Waals surface area contributed by atoms with E-state index < -0.39 is 16.4 Å². The van der Waals surface area contributed by atoms with E-state index in [9.17, 15) is 9.59 Å². The van der Waals surface area contributed by atoms with Crippen molar-refractivity contribution in [2.45, 2.75) is 45.6 Å². The first-order valence-electron chi connectivity index (χ1n) is 8.65. The van der Waals surface area contributed by atoms with Crippen LogP contribution in [0, 0.1) is 10.8 Å². The van der Waals surface area contributed by atoms with Crippen molar-refractivity contribution in [3.63, 3.8) is 0 Å². The van der Waals surface area contributed by atoms with Crippen LogP contribution in [0.3, 0.4) is 0 Å². The van der Waals surface area contributed by atoms with Crippen LogP contribution in [0.2, 0.25) is 0 Å². The summed E-state index contributed by atoms with van der Waals surface area (Å²) in [4.78, 5) is 27.3. The van der Waals surface area contributed by atoms with Crippen molar-refractivity contribution in [2.24, 2.45) is 10.8 Å². The number of morpholine rings is 1. The normalized spacial score (nSPS) is 36.0. The first kappa shape index (κ1) is 16.7. The van der Waals surface area contributed by atoms with Crippen LogP contribution < -0.4 is 5.32 Å². The quantitative estimate of drug-likeness (QED) is 0.602. The minimum atomic E-state index is -0.988. The molecule has 3 fully saturated rings. The molecule has 0 aromatic rings. The molecule has 2 aliphatic heterocycles. The first-order chi connectivity index (χ1) is 10.8. The number of amides is 1. The van der Waals surface area contributed by atoms with Gasteiger partial charge in [-0.2, -0.15) is 0 Å². The lowest BCUT2D eigenvalue weighted by molar-refractivity contribution is -0.168. The van der Waals surface area contributed by atoms with Gasteiger partial charge in [0.1, 0.15) is 0 Å². The lowest BCUT2D eigenvalue weighted by Crippen LogP contribution is -2.53. The monoisotopic (exact) mass is 324 g/mol. The van der Waals surface area contributed by atoms with Crippen LogP contribution in [0.15, 0.2) is 0 Å². The smallest absolute Gasteiger partial charge is 0.313 e. The fraction of sp³-hybridized carbons (Fsp3) is 0.882. The summed E-state index contributed by atoms with van der Waals surface area (Å²) in [5.74, 6) is -0.351. The van der Waals surface area contributed by atoms with Crippen LogP contribution in [0.4, 0.5) is 0 Å². The number of esters is 1. The summed E-state index contributed by atoms with van der Waals surface area (Å²) in [5, 5.41) is 3.00. The minimum Gasteiger partial charge on any atom is -0.448 e. The molecule has 1 amide bonds. The fourth-order valence-corrected chi connectivity index (χ4v) is 4.22. The fourth-order valence-electron chi connectivity index (χ4n) is 4.22. The van der Waals surface area contributed by atoms with Crippen LogP contribution in [-0.4, -0.2) is 61.8 Å². The molecule has 0 radical (unpaired) electrons. The molecule has 2 heterocycles. The summed E-state index contributed by atoms with van der Waals surface area (Å²) in [5.41, 5.74) is -2.00. The van der Waals surface area contributed by atoms with Gasteiger partial charge in [-0.25, -0.2) is 0 Å². The van der Waals surface area contributed by atoms with Gasteiger partial charge in [0.15, 0.2) is 5.60 Å². The number of nitrogens with one attached hydrogen (secondary N) is 1. The molecule has 1 aliphatic carbocycles. The molecule has 2 bridgehead atoms. The van der Waals surface area contributed by atoms with Gasteiger partial charge in [0.25, 0.3) is 5.91 Å². The third-order valence-electron chi connectivity index (χ3n) is 6.49. The number of hydrogen-bond acceptors (Lipinski definition) is 5. The standard InChI is InChI=1S/C17H28N2O4/c1-15(2)16(3)5-6-17(15,23-14(16)21)13(20)18-7-4-8-19-9-11-22-12-10-19/h4-12H2,1-3H3,(H,18,20)/t16-,17+/m1/s1. The van der Waals surface area contributed by atoms with E-state index in [1.165, 1.54) is 0 Å². The Morgan fingerprint density at radius 2 is 1.91 bits per heavy atom. The van der Waals surface area contributed by atoms with E-state index in [2.05, 4.69) is 10.2 Å². The summed E-state index contributed by atoms with van der Waals surface area (Å²) in [6, 6.07) is 0. The number of carbonyl (C=O) groups is 2. The number of rotatable bonds is 5. The van der Waals surface area contributed by atoms with E-state index >= 15 is 0 Å². The van der Waals surface area contributed by atoms with Gasteiger partial charge in [-0.05, 0) is 32.7 Å². The Morgan fingerprint density at radius 3 is 2.48 bits per heavy atom. The van der Waals surface area contributed by atoms with Crippen LogP contribution in [0.1, 0.15) is 40.0 Å². The molecule has 6 heteroatoms. The summed E-state index contributed by atoms with van der Waals surface area (Å²) in [7, 11) is 0. The van der Waals surface area contributed by atoms with Crippen LogP contribution >= 0.6 is 0 Å². The van der Waals surface area contributed by atoms with E-state index in [1.54, 1.807) is 0 Å². The molecule has 0 unspecified atom stereocenters. The molecule has 1 N–H and O–H groups in total. The van der Waals surface area contributed by atoms with Crippen molar-refractivity contribution < 1.29 is 19.1 Å². The van der Waals surface area contributed by atoms with Gasteiger partial charge in [0, 0.05) is 25.0 Å². The third kappa shape index (κ3) is 2.38. The van der Waals surface area contributed by atoms with Crippen molar-refractivity contribution in [1.82, 2.24) is 10.2 Å². The van der Waals surface area contributed by atoms with E-state index in [0.29, 0.717) is 13.0 Å². The molecule has 23 heavy (non-hydrogen) atoms. The Kier molecular flexibility index (Phi) is 4.17. The van der Waals surface area contributed by atoms with Crippen LogP contribution in [0.25, 0.3) is 0 Å². The van der Waals surface area contributed by atoms with Crippen molar-refractivity contribution >= 4 is 11.9 Å². The number of nitrogens with zero attached hydrogens (tertiary/aromatic N) is 1. The Bertz CT molecular complexity index is 501. The van der Waals surface area contributed by atoms with Crippen LogP contribution in [0.5, 0.6) is 0 Å². The minimum absolute atomic E-state index is 0.126. The van der Waals surface area contributed by atoms with E-state index in [-0.39, 0.29) is 11.9 Å². The zero-order chi connectivity index (χ0) is 16.7. The van der Waals surface area contributed by atoms with E-state index in [0.717, 1.165) is 45.7 Å². The van der Waals surface area contributed by atoms with Gasteiger partial charge in [0.2, 0.25) is 0 Å².